The molecule has 1 unspecified atom stereocenters. The van der Waals surface area contributed by atoms with Crippen molar-refractivity contribution in [2.75, 3.05) is 6.54 Å². The Balaban J connectivity index is 1.87. The summed E-state index contributed by atoms with van der Waals surface area (Å²) in [6.45, 7) is 3.24. The van der Waals surface area contributed by atoms with Gasteiger partial charge in [-0.25, -0.2) is 0 Å². The fourth-order valence-corrected chi connectivity index (χ4v) is 2.05. The van der Waals surface area contributed by atoms with E-state index in [1.165, 1.54) is 25.0 Å². The molecule has 82 valence electrons. The summed E-state index contributed by atoms with van der Waals surface area (Å²) >= 11 is 0. The van der Waals surface area contributed by atoms with Crippen LogP contribution in [0.2, 0.25) is 0 Å². The highest BCUT2D eigenvalue weighted by molar-refractivity contribution is 5.05. The monoisotopic (exact) mass is 204 g/mol. The molecule has 1 saturated carbocycles. The van der Waals surface area contributed by atoms with Gasteiger partial charge in [-0.1, -0.05) is 25.8 Å². The fourth-order valence-electron chi connectivity index (χ4n) is 2.05. The van der Waals surface area contributed by atoms with Crippen LogP contribution in [0.4, 0.5) is 0 Å². The molecule has 1 heterocycles. The number of rotatable bonds is 6. The van der Waals surface area contributed by atoms with Gasteiger partial charge in [0.1, 0.15) is 0 Å². The maximum absolute atomic E-state index is 4.39. The molecule has 2 nitrogen and oxygen atoms in total. The Morgan fingerprint density at radius 1 is 1.47 bits per heavy atom. The second kappa shape index (κ2) is 5.26. The van der Waals surface area contributed by atoms with Gasteiger partial charge >= 0.3 is 0 Å². The molecule has 1 aliphatic rings. The van der Waals surface area contributed by atoms with Crippen LogP contribution in [0.25, 0.3) is 0 Å². The predicted octanol–water partition coefficient (Wildman–Crippen LogP) is 2.40. The number of nitrogens with zero attached hydrogens (tertiary/aromatic N) is 1. The van der Waals surface area contributed by atoms with E-state index in [1.807, 2.05) is 12.3 Å². The van der Waals surface area contributed by atoms with Crippen molar-refractivity contribution in [1.82, 2.24) is 10.3 Å². The van der Waals surface area contributed by atoms with E-state index in [4.69, 9.17) is 0 Å². The van der Waals surface area contributed by atoms with Crippen LogP contribution in [0.1, 0.15) is 31.9 Å². The van der Waals surface area contributed by atoms with E-state index in [-0.39, 0.29) is 0 Å². The van der Waals surface area contributed by atoms with Gasteiger partial charge in [0.05, 0.1) is 0 Å². The molecule has 0 aliphatic heterocycles. The van der Waals surface area contributed by atoms with Crippen LogP contribution < -0.4 is 5.32 Å². The number of nitrogens with one attached hydrogen (secondary N) is 1. The van der Waals surface area contributed by atoms with Crippen molar-refractivity contribution in [2.24, 2.45) is 5.92 Å². The lowest BCUT2D eigenvalue weighted by molar-refractivity contribution is 0.462. The Hall–Kier alpha value is -0.890. The molecular formula is C13H20N2. The number of aromatic nitrogens is 1. The van der Waals surface area contributed by atoms with Gasteiger partial charge in [0.15, 0.2) is 0 Å². The van der Waals surface area contributed by atoms with E-state index in [1.54, 1.807) is 0 Å². The first-order valence-corrected chi connectivity index (χ1v) is 6.01. The van der Waals surface area contributed by atoms with Crippen molar-refractivity contribution in [2.45, 2.75) is 38.6 Å². The minimum atomic E-state index is 0.623. The summed E-state index contributed by atoms with van der Waals surface area (Å²) in [4.78, 5) is 4.39. The minimum Gasteiger partial charge on any atom is -0.314 e. The summed E-state index contributed by atoms with van der Waals surface area (Å²) in [5.74, 6) is 0.984. The largest absolute Gasteiger partial charge is 0.314 e. The third kappa shape index (κ3) is 3.63. The molecule has 0 saturated heterocycles. The van der Waals surface area contributed by atoms with Gasteiger partial charge in [0.2, 0.25) is 0 Å². The Bertz CT molecular complexity index is 280. The van der Waals surface area contributed by atoms with Gasteiger partial charge in [0, 0.05) is 24.4 Å². The van der Waals surface area contributed by atoms with Crippen LogP contribution in [-0.2, 0) is 6.42 Å². The molecule has 1 aromatic heterocycles. The minimum absolute atomic E-state index is 0.623. The lowest BCUT2D eigenvalue weighted by atomic mass is 10.0. The van der Waals surface area contributed by atoms with E-state index in [0.717, 1.165) is 18.9 Å². The summed E-state index contributed by atoms with van der Waals surface area (Å²) < 4.78 is 0. The highest BCUT2D eigenvalue weighted by Gasteiger charge is 2.25. The van der Waals surface area contributed by atoms with Gasteiger partial charge in [0.25, 0.3) is 0 Å². The van der Waals surface area contributed by atoms with Gasteiger partial charge in [-0.15, -0.1) is 0 Å². The summed E-state index contributed by atoms with van der Waals surface area (Å²) in [5.41, 5.74) is 1.21. The van der Waals surface area contributed by atoms with Crippen molar-refractivity contribution in [3.8, 4) is 0 Å². The Morgan fingerprint density at radius 2 is 2.33 bits per heavy atom. The van der Waals surface area contributed by atoms with Crippen LogP contribution in [0.5, 0.6) is 0 Å². The van der Waals surface area contributed by atoms with E-state index in [9.17, 15) is 0 Å². The molecule has 0 amide bonds. The predicted molar refractivity (Wildman–Crippen MR) is 62.7 cm³/mol. The van der Waals surface area contributed by atoms with E-state index in [2.05, 4.69) is 29.4 Å². The molecule has 15 heavy (non-hydrogen) atoms. The average Bonchev–Trinajstić information content (AvgIpc) is 3.03. The van der Waals surface area contributed by atoms with Gasteiger partial charge in [-0.05, 0) is 31.0 Å². The Kier molecular flexibility index (Phi) is 3.73. The van der Waals surface area contributed by atoms with Gasteiger partial charge in [-0.2, -0.15) is 0 Å². The van der Waals surface area contributed by atoms with Crippen molar-refractivity contribution in [3.05, 3.63) is 30.1 Å². The number of hydrogen-bond donors (Lipinski definition) is 1. The highest BCUT2D eigenvalue weighted by atomic mass is 14.9. The maximum Gasteiger partial charge on any atom is 0.0419 e. The molecule has 0 radical (unpaired) electrons. The zero-order chi connectivity index (χ0) is 10.5. The second-order valence-electron chi connectivity index (χ2n) is 4.46. The summed E-state index contributed by atoms with van der Waals surface area (Å²) in [6.07, 6.45) is 7.15. The molecule has 1 N–H and O–H groups in total. The Morgan fingerprint density at radius 3 is 2.93 bits per heavy atom. The summed E-state index contributed by atoms with van der Waals surface area (Å²) in [5, 5.41) is 3.56. The zero-order valence-electron chi connectivity index (χ0n) is 9.45. The number of hydrogen-bond acceptors (Lipinski definition) is 2. The van der Waals surface area contributed by atoms with Gasteiger partial charge in [-0.3, -0.25) is 4.98 Å². The quantitative estimate of drug-likeness (QED) is 0.769. The standard InChI is InChI=1S/C13H20N2/c1-2-14-13(9-11-6-7-11)10-12-5-3-4-8-15-12/h3-5,8,11,13-14H,2,6-7,9-10H2,1H3. The third-order valence-corrected chi connectivity index (χ3v) is 2.99. The van der Waals surface area contributed by atoms with Crippen molar-refractivity contribution < 1.29 is 0 Å². The third-order valence-electron chi connectivity index (χ3n) is 2.99. The molecule has 0 aromatic carbocycles. The molecule has 0 spiro atoms. The smallest absolute Gasteiger partial charge is 0.0419 e. The van der Waals surface area contributed by atoms with E-state index < -0.39 is 0 Å². The molecule has 1 atom stereocenters. The van der Waals surface area contributed by atoms with E-state index in [0.29, 0.717) is 6.04 Å². The van der Waals surface area contributed by atoms with Crippen molar-refractivity contribution in [3.63, 3.8) is 0 Å². The lowest BCUT2D eigenvalue weighted by Crippen LogP contribution is -2.31. The van der Waals surface area contributed by atoms with Crippen LogP contribution in [0, 0.1) is 5.92 Å². The van der Waals surface area contributed by atoms with Crippen molar-refractivity contribution >= 4 is 0 Å². The molecular weight excluding hydrogens is 184 g/mol. The molecule has 1 fully saturated rings. The lowest BCUT2D eigenvalue weighted by Gasteiger charge is -2.16. The first kappa shape index (κ1) is 10.6. The normalized spacial score (nSPS) is 17.7. The zero-order valence-corrected chi connectivity index (χ0v) is 9.45. The fraction of sp³-hybridized carbons (Fsp3) is 0.615. The van der Waals surface area contributed by atoms with Gasteiger partial charge < -0.3 is 5.32 Å². The highest BCUT2D eigenvalue weighted by Crippen LogP contribution is 2.33. The van der Waals surface area contributed by atoms with Crippen LogP contribution in [-0.4, -0.2) is 17.6 Å². The first-order valence-electron chi connectivity index (χ1n) is 6.01. The maximum atomic E-state index is 4.39. The first-order chi connectivity index (χ1) is 7.38. The summed E-state index contributed by atoms with van der Waals surface area (Å²) in [6, 6.07) is 6.80. The molecule has 1 aliphatic carbocycles. The second-order valence-corrected chi connectivity index (χ2v) is 4.46. The van der Waals surface area contributed by atoms with Crippen LogP contribution in [0.3, 0.4) is 0 Å². The van der Waals surface area contributed by atoms with Crippen LogP contribution >= 0.6 is 0 Å². The molecule has 2 rings (SSSR count). The average molecular weight is 204 g/mol. The molecule has 2 heteroatoms. The molecule has 1 aromatic rings. The van der Waals surface area contributed by atoms with Crippen LogP contribution in [0.15, 0.2) is 24.4 Å². The SMILES string of the molecule is CCNC(Cc1ccccn1)CC1CC1. The number of likely N-dealkylation sites (N-methyl/N-ethyl adjacent to an activating group) is 1. The summed E-state index contributed by atoms with van der Waals surface area (Å²) in [7, 11) is 0. The van der Waals surface area contributed by atoms with Crippen molar-refractivity contribution in [1.29, 1.82) is 0 Å². The number of pyridine rings is 1. The van der Waals surface area contributed by atoms with E-state index >= 15 is 0 Å². The Labute approximate surface area is 92.1 Å². The topological polar surface area (TPSA) is 24.9 Å². The molecule has 0 bridgehead atoms.